The van der Waals surface area contributed by atoms with Gasteiger partial charge in [0.1, 0.15) is 5.82 Å². The molecule has 1 fully saturated rings. The van der Waals surface area contributed by atoms with Gasteiger partial charge in [0.25, 0.3) is 0 Å². The molecule has 4 nitrogen and oxygen atoms in total. The van der Waals surface area contributed by atoms with Crippen LogP contribution in [0, 0.1) is 5.82 Å². The van der Waals surface area contributed by atoms with Crippen molar-refractivity contribution in [2.75, 3.05) is 27.2 Å². The fraction of sp³-hybridized carbons (Fsp3) is 0.571. The molecule has 1 aliphatic rings. The van der Waals surface area contributed by atoms with Gasteiger partial charge in [0.15, 0.2) is 0 Å². The zero-order valence-electron chi connectivity index (χ0n) is 12.1. The summed E-state index contributed by atoms with van der Waals surface area (Å²) >= 11 is 0. The second kappa shape index (κ2) is 6.67. The molecule has 1 aromatic rings. The van der Waals surface area contributed by atoms with Gasteiger partial charge in [-0.1, -0.05) is 6.07 Å². The summed E-state index contributed by atoms with van der Waals surface area (Å²) in [4.78, 5) is 4.53. The van der Waals surface area contributed by atoms with Crippen LogP contribution in [0.4, 0.5) is 4.39 Å². The average Bonchev–Trinajstić information content (AvgIpc) is 2.41. The lowest BCUT2D eigenvalue weighted by atomic mass is 9.76. The molecule has 2 N–H and O–H groups in total. The molecule has 0 atom stereocenters. The zero-order valence-corrected chi connectivity index (χ0v) is 12.1. The first-order chi connectivity index (χ1) is 9.47. The van der Waals surface area contributed by atoms with Crippen molar-refractivity contribution in [2.24, 2.45) is 0 Å². The van der Waals surface area contributed by atoms with Crippen LogP contribution in [0.5, 0.6) is 0 Å². The molecule has 6 heteroatoms. The fourth-order valence-corrected chi connectivity index (χ4v) is 2.78. The standard InChI is InChI=1S/C14H22BFN2O2/c1-17(2)13-5-7-18(8-6-13)10-11-3-4-12(16)9-14(11)15(19)20/h3-4,9,13,19-20H,5-8,10H2,1-2H3. The van der Waals surface area contributed by atoms with Gasteiger partial charge < -0.3 is 14.9 Å². The maximum atomic E-state index is 13.2. The first-order valence-corrected chi connectivity index (χ1v) is 7.00. The van der Waals surface area contributed by atoms with Gasteiger partial charge in [0, 0.05) is 12.6 Å². The number of benzene rings is 1. The van der Waals surface area contributed by atoms with Gasteiger partial charge in [-0.15, -0.1) is 0 Å². The molecule has 0 aliphatic carbocycles. The van der Waals surface area contributed by atoms with E-state index in [2.05, 4.69) is 23.9 Å². The smallest absolute Gasteiger partial charge is 0.423 e. The Morgan fingerprint density at radius 3 is 2.50 bits per heavy atom. The van der Waals surface area contributed by atoms with Gasteiger partial charge >= 0.3 is 7.12 Å². The third kappa shape index (κ3) is 3.79. The van der Waals surface area contributed by atoms with Crippen LogP contribution in [0.2, 0.25) is 0 Å². The molecule has 0 amide bonds. The van der Waals surface area contributed by atoms with E-state index in [1.165, 1.54) is 12.1 Å². The highest BCUT2D eigenvalue weighted by molar-refractivity contribution is 6.59. The lowest BCUT2D eigenvalue weighted by molar-refractivity contribution is 0.140. The highest BCUT2D eigenvalue weighted by Crippen LogP contribution is 2.16. The summed E-state index contributed by atoms with van der Waals surface area (Å²) in [6, 6.07) is 4.82. The van der Waals surface area contributed by atoms with Crippen molar-refractivity contribution in [1.29, 1.82) is 0 Å². The van der Waals surface area contributed by atoms with Gasteiger partial charge in [-0.2, -0.15) is 0 Å². The van der Waals surface area contributed by atoms with E-state index in [-0.39, 0.29) is 5.46 Å². The van der Waals surface area contributed by atoms with E-state index >= 15 is 0 Å². The van der Waals surface area contributed by atoms with Crippen molar-refractivity contribution < 1.29 is 14.4 Å². The number of hydrogen-bond donors (Lipinski definition) is 2. The molecule has 0 aromatic heterocycles. The Morgan fingerprint density at radius 2 is 1.95 bits per heavy atom. The Kier molecular flexibility index (Phi) is 5.15. The minimum absolute atomic E-state index is 0.264. The molecule has 1 saturated heterocycles. The third-order valence-electron chi connectivity index (χ3n) is 4.07. The van der Waals surface area contributed by atoms with Crippen molar-refractivity contribution in [3.63, 3.8) is 0 Å². The van der Waals surface area contributed by atoms with E-state index < -0.39 is 12.9 Å². The first kappa shape index (κ1) is 15.4. The highest BCUT2D eigenvalue weighted by atomic mass is 19.1. The van der Waals surface area contributed by atoms with Crippen molar-refractivity contribution in [3.8, 4) is 0 Å². The van der Waals surface area contributed by atoms with E-state index in [0.717, 1.165) is 31.5 Å². The van der Waals surface area contributed by atoms with Crippen LogP contribution in [0.25, 0.3) is 0 Å². The summed E-state index contributed by atoms with van der Waals surface area (Å²) in [5, 5.41) is 18.7. The Morgan fingerprint density at radius 1 is 1.30 bits per heavy atom. The number of likely N-dealkylation sites (tertiary alicyclic amines) is 1. The second-order valence-corrected chi connectivity index (χ2v) is 5.69. The monoisotopic (exact) mass is 280 g/mol. The molecular weight excluding hydrogens is 258 g/mol. The van der Waals surface area contributed by atoms with Crippen LogP contribution >= 0.6 is 0 Å². The van der Waals surface area contributed by atoms with Crippen LogP contribution < -0.4 is 5.46 Å². The minimum atomic E-state index is -1.62. The summed E-state index contributed by atoms with van der Waals surface area (Å²) in [6.45, 7) is 2.58. The SMILES string of the molecule is CN(C)C1CCN(Cc2ccc(F)cc2B(O)O)CC1. The predicted molar refractivity (Wildman–Crippen MR) is 78.2 cm³/mol. The van der Waals surface area contributed by atoms with Crippen molar-refractivity contribution >= 4 is 12.6 Å². The lowest BCUT2D eigenvalue weighted by Gasteiger charge is -2.35. The molecule has 1 aromatic carbocycles. The van der Waals surface area contributed by atoms with Gasteiger partial charge in [-0.05, 0) is 63.2 Å². The molecule has 0 saturated carbocycles. The Labute approximate surface area is 120 Å². The number of hydrogen-bond acceptors (Lipinski definition) is 4. The van der Waals surface area contributed by atoms with Crippen LogP contribution in [-0.2, 0) is 6.54 Å². The van der Waals surface area contributed by atoms with Crippen LogP contribution in [-0.4, -0.2) is 60.2 Å². The summed E-state index contributed by atoms with van der Waals surface area (Å²) in [6.07, 6.45) is 2.20. The van der Waals surface area contributed by atoms with E-state index in [9.17, 15) is 14.4 Å². The fourth-order valence-electron chi connectivity index (χ4n) is 2.78. The molecule has 0 spiro atoms. The molecular formula is C14H22BFN2O2. The topological polar surface area (TPSA) is 46.9 Å². The van der Waals surface area contributed by atoms with Crippen LogP contribution in [0.1, 0.15) is 18.4 Å². The van der Waals surface area contributed by atoms with Gasteiger partial charge in [-0.3, -0.25) is 4.90 Å². The molecule has 2 rings (SSSR count). The van der Waals surface area contributed by atoms with Gasteiger partial charge in [-0.25, -0.2) is 4.39 Å². The molecule has 110 valence electrons. The number of piperidine rings is 1. The molecule has 1 heterocycles. The summed E-state index contributed by atoms with van der Waals surface area (Å²) < 4.78 is 13.2. The molecule has 1 aliphatic heterocycles. The molecule has 0 bridgehead atoms. The zero-order chi connectivity index (χ0) is 14.7. The Hall–Kier alpha value is -0.945. The normalized spacial score (nSPS) is 17.7. The second-order valence-electron chi connectivity index (χ2n) is 5.69. The minimum Gasteiger partial charge on any atom is -0.423 e. The maximum Gasteiger partial charge on any atom is 0.488 e. The summed E-state index contributed by atoms with van der Waals surface area (Å²) in [7, 11) is 2.57. The highest BCUT2D eigenvalue weighted by Gasteiger charge is 2.23. The lowest BCUT2D eigenvalue weighted by Crippen LogP contribution is -2.43. The number of rotatable bonds is 4. The van der Waals surface area contributed by atoms with Crippen LogP contribution in [0.3, 0.4) is 0 Å². The van der Waals surface area contributed by atoms with Crippen molar-refractivity contribution in [3.05, 3.63) is 29.6 Å². The summed E-state index contributed by atoms with van der Waals surface area (Å²) in [5.74, 6) is -0.442. The maximum absolute atomic E-state index is 13.2. The van der Waals surface area contributed by atoms with E-state index in [1.54, 1.807) is 6.07 Å². The third-order valence-corrected chi connectivity index (χ3v) is 4.07. The van der Waals surface area contributed by atoms with Crippen LogP contribution in [0.15, 0.2) is 18.2 Å². The first-order valence-electron chi connectivity index (χ1n) is 7.00. The van der Waals surface area contributed by atoms with Gasteiger partial charge in [0.05, 0.1) is 0 Å². The number of nitrogens with zero attached hydrogens (tertiary/aromatic N) is 2. The number of halogens is 1. The van der Waals surface area contributed by atoms with Crippen molar-refractivity contribution in [2.45, 2.75) is 25.4 Å². The van der Waals surface area contributed by atoms with E-state index in [4.69, 9.17) is 0 Å². The molecule has 0 unspecified atom stereocenters. The molecule has 0 radical (unpaired) electrons. The largest absolute Gasteiger partial charge is 0.488 e. The molecule has 20 heavy (non-hydrogen) atoms. The Balaban J connectivity index is 2.01. The van der Waals surface area contributed by atoms with E-state index in [1.807, 2.05) is 0 Å². The Bertz CT molecular complexity index is 449. The quantitative estimate of drug-likeness (QED) is 0.764. The predicted octanol–water partition coefficient (Wildman–Crippen LogP) is 0.0315. The van der Waals surface area contributed by atoms with Gasteiger partial charge in [0.2, 0.25) is 0 Å². The summed E-state index contributed by atoms with van der Waals surface area (Å²) in [5.41, 5.74) is 1.05. The van der Waals surface area contributed by atoms with Crippen molar-refractivity contribution in [1.82, 2.24) is 9.80 Å². The average molecular weight is 280 g/mol. The van der Waals surface area contributed by atoms with E-state index in [0.29, 0.717) is 12.6 Å².